The second-order valence-electron chi connectivity index (χ2n) is 6.31. The summed E-state index contributed by atoms with van der Waals surface area (Å²) in [6, 6.07) is 7.73. The average Bonchev–Trinajstić information content (AvgIpc) is 3.33. The normalized spacial score (nSPS) is 14.9. The molecule has 0 atom stereocenters. The van der Waals surface area contributed by atoms with Crippen molar-refractivity contribution in [3.63, 3.8) is 0 Å². The number of benzene rings is 1. The lowest BCUT2D eigenvalue weighted by molar-refractivity contribution is 0.314. The molecule has 9 nitrogen and oxygen atoms in total. The van der Waals surface area contributed by atoms with Crippen LogP contribution in [0.5, 0.6) is 0 Å². The predicted molar refractivity (Wildman–Crippen MR) is 103 cm³/mol. The summed E-state index contributed by atoms with van der Waals surface area (Å²) in [4.78, 5) is 18.1. The second kappa shape index (κ2) is 6.69. The third-order valence-corrected chi connectivity index (χ3v) is 5.40. The summed E-state index contributed by atoms with van der Waals surface area (Å²) in [6.45, 7) is 2.30. The van der Waals surface area contributed by atoms with Crippen LogP contribution in [0.4, 0.5) is 11.6 Å². The van der Waals surface area contributed by atoms with E-state index in [1.807, 2.05) is 48.0 Å². The van der Waals surface area contributed by atoms with Crippen molar-refractivity contribution in [2.75, 3.05) is 41.4 Å². The number of rotatable bonds is 4. The van der Waals surface area contributed by atoms with Gasteiger partial charge >= 0.3 is 0 Å². The van der Waals surface area contributed by atoms with Crippen LogP contribution >= 0.6 is 11.8 Å². The van der Waals surface area contributed by atoms with Crippen LogP contribution in [0, 0.1) is 0 Å². The lowest BCUT2D eigenvalue weighted by Gasteiger charge is -2.30. The Morgan fingerprint density at radius 3 is 2.67 bits per heavy atom. The van der Waals surface area contributed by atoms with E-state index in [2.05, 4.69) is 30.2 Å². The van der Waals surface area contributed by atoms with E-state index < -0.39 is 0 Å². The summed E-state index contributed by atoms with van der Waals surface area (Å²) in [5.41, 5.74) is 2.43. The van der Waals surface area contributed by atoms with Crippen LogP contribution in [0.15, 0.2) is 33.3 Å². The Bertz CT molecular complexity index is 1060. The SMILES string of the molecule is CN(Cc1nc2ccccc2o1)c1nc2nonc2nc1N1CCSCC1. The Hall–Kier alpha value is -2.88. The first-order valence-electron chi connectivity index (χ1n) is 8.66. The lowest BCUT2D eigenvalue weighted by Crippen LogP contribution is -2.35. The third kappa shape index (κ3) is 3.05. The van der Waals surface area contributed by atoms with Crippen molar-refractivity contribution >= 4 is 45.8 Å². The minimum atomic E-state index is 0.393. The van der Waals surface area contributed by atoms with Gasteiger partial charge in [-0.05, 0) is 22.4 Å². The van der Waals surface area contributed by atoms with Crippen molar-refractivity contribution in [2.24, 2.45) is 0 Å². The van der Waals surface area contributed by atoms with Crippen LogP contribution in [0.25, 0.3) is 22.4 Å². The van der Waals surface area contributed by atoms with Crippen LogP contribution in [0.3, 0.4) is 0 Å². The fourth-order valence-corrected chi connectivity index (χ4v) is 4.03. The van der Waals surface area contributed by atoms with Gasteiger partial charge in [0.1, 0.15) is 5.52 Å². The first-order valence-corrected chi connectivity index (χ1v) is 9.82. The molecule has 4 aromatic rings. The molecule has 27 heavy (non-hydrogen) atoms. The van der Waals surface area contributed by atoms with E-state index in [9.17, 15) is 0 Å². The Labute approximate surface area is 158 Å². The Balaban J connectivity index is 1.51. The fourth-order valence-electron chi connectivity index (χ4n) is 3.13. The summed E-state index contributed by atoms with van der Waals surface area (Å²) in [5, 5.41) is 7.69. The summed E-state index contributed by atoms with van der Waals surface area (Å²) in [6.07, 6.45) is 0. The molecule has 0 saturated carbocycles. The highest BCUT2D eigenvalue weighted by Crippen LogP contribution is 2.29. The summed E-state index contributed by atoms with van der Waals surface area (Å²) < 4.78 is 10.7. The molecule has 1 aliphatic heterocycles. The van der Waals surface area contributed by atoms with Crippen LogP contribution in [0.2, 0.25) is 0 Å². The molecular weight excluding hydrogens is 366 g/mol. The molecule has 1 fully saturated rings. The molecule has 0 N–H and O–H groups in total. The Morgan fingerprint density at radius 2 is 1.85 bits per heavy atom. The van der Waals surface area contributed by atoms with Gasteiger partial charge in [-0.15, -0.1) is 0 Å². The molecule has 0 bridgehead atoms. The van der Waals surface area contributed by atoms with E-state index in [4.69, 9.17) is 9.05 Å². The van der Waals surface area contributed by atoms with Crippen LogP contribution in [-0.2, 0) is 6.54 Å². The summed E-state index contributed by atoms with van der Waals surface area (Å²) >= 11 is 1.94. The number of fused-ring (bicyclic) bond motifs is 2. The number of nitrogens with zero attached hydrogens (tertiary/aromatic N) is 7. The van der Waals surface area contributed by atoms with Gasteiger partial charge in [-0.25, -0.2) is 19.6 Å². The van der Waals surface area contributed by atoms with Gasteiger partial charge in [0.15, 0.2) is 17.2 Å². The van der Waals surface area contributed by atoms with Crippen LogP contribution in [-0.4, -0.2) is 56.9 Å². The molecular formula is C17H17N7O2S. The van der Waals surface area contributed by atoms with E-state index in [1.54, 1.807) is 0 Å². The molecule has 0 spiro atoms. The lowest BCUT2D eigenvalue weighted by atomic mass is 10.3. The molecule has 0 radical (unpaired) electrons. The van der Waals surface area contributed by atoms with Gasteiger partial charge in [-0.3, -0.25) is 0 Å². The number of para-hydroxylation sites is 2. The number of aromatic nitrogens is 5. The van der Waals surface area contributed by atoms with Gasteiger partial charge < -0.3 is 14.2 Å². The predicted octanol–water partition coefficient (Wildman–Crippen LogP) is 2.34. The molecule has 1 aromatic carbocycles. The molecule has 0 unspecified atom stereocenters. The van der Waals surface area contributed by atoms with E-state index in [-0.39, 0.29) is 0 Å². The van der Waals surface area contributed by atoms with Gasteiger partial charge in [0, 0.05) is 31.6 Å². The van der Waals surface area contributed by atoms with Crippen molar-refractivity contribution in [1.82, 2.24) is 25.3 Å². The topological polar surface area (TPSA) is 97.2 Å². The van der Waals surface area contributed by atoms with Gasteiger partial charge in [0.2, 0.25) is 17.2 Å². The van der Waals surface area contributed by atoms with E-state index >= 15 is 0 Å². The molecule has 0 amide bonds. The third-order valence-electron chi connectivity index (χ3n) is 4.46. The van der Waals surface area contributed by atoms with Crippen molar-refractivity contribution in [2.45, 2.75) is 6.54 Å². The van der Waals surface area contributed by atoms with Crippen LogP contribution < -0.4 is 9.80 Å². The van der Waals surface area contributed by atoms with Gasteiger partial charge in [0.25, 0.3) is 0 Å². The standard InChI is InChI=1S/C17H17N7O2S/c1-23(10-13-18-11-4-2-3-5-12(11)25-13)16-17(24-6-8-27-9-7-24)20-15-14(19-16)21-26-22-15/h2-5H,6-10H2,1H3. The van der Waals surface area contributed by atoms with Gasteiger partial charge in [-0.2, -0.15) is 11.8 Å². The van der Waals surface area contributed by atoms with E-state index in [0.29, 0.717) is 29.5 Å². The monoisotopic (exact) mass is 383 g/mol. The minimum Gasteiger partial charge on any atom is -0.439 e. The molecule has 3 aromatic heterocycles. The quantitative estimate of drug-likeness (QED) is 0.522. The zero-order chi connectivity index (χ0) is 18.2. The van der Waals surface area contributed by atoms with Gasteiger partial charge in [0.05, 0.1) is 6.54 Å². The smallest absolute Gasteiger partial charge is 0.245 e. The zero-order valence-electron chi connectivity index (χ0n) is 14.7. The first-order chi connectivity index (χ1) is 13.3. The van der Waals surface area contributed by atoms with E-state index in [0.717, 1.165) is 41.5 Å². The number of thioether (sulfide) groups is 1. The highest BCUT2D eigenvalue weighted by molar-refractivity contribution is 7.99. The number of hydrogen-bond donors (Lipinski definition) is 0. The fraction of sp³-hybridized carbons (Fsp3) is 0.353. The largest absolute Gasteiger partial charge is 0.439 e. The Kier molecular flexibility index (Phi) is 4.04. The number of hydrogen-bond acceptors (Lipinski definition) is 10. The molecule has 4 heterocycles. The number of anilines is 2. The molecule has 5 rings (SSSR count). The maximum Gasteiger partial charge on any atom is 0.245 e. The maximum atomic E-state index is 5.85. The molecule has 0 aliphatic carbocycles. The zero-order valence-corrected chi connectivity index (χ0v) is 15.5. The highest BCUT2D eigenvalue weighted by atomic mass is 32.2. The maximum absolute atomic E-state index is 5.85. The van der Waals surface area contributed by atoms with E-state index in [1.165, 1.54) is 0 Å². The Morgan fingerprint density at radius 1 is 1.07 bits per heavy atom. The summed E-state index contributed by atoms with van der Waals surface area (Å²) in [5.74, 6) is 4.25. The van der Waals surface area contributed by atoms with Crippen LogP contribution in [0.1, 0.15) is 5.89 Å². The second-order valence-corrected chi connectivity index (χ2v) is 7.54. The minimum absolute atomic E-state index is 0.393. The molecule has 1 aliphatic rings. The van der Waals surface area contributed by atoms with Crippen molar-refractivity contribution in [3.8, 4) is 0 Å². The first kappa shape index (κ1) is 16.3. The molecule has 1 saturated heterocycles. The molecule has 10 heteroatoms. The summed E-state index contributed by atoms with van der Waals surface area (Å²) in [7, 11) is 1.94. The van der Waals surface area contributed by atoms with Crippen molar-refractivity contribution < 1.29 is 9.05 Å². The average molecular weight is 383 g/mol. The van der Waals surface area contributed by atoms with Gasteiger partial charge in [-0.1, -0.05) is 12.1 Å². The van der Waals surface area contributed by atoms with Crippen molar-refractivity contribution in [1.29, 1.82) is 0 Å². The van der Waals surface area contributed by atoms with Crippen molar-refractivity contribution in [3.05, 3.63) is 30.2 Å². The highest BCUT2D eigenvalue weighted by Gasteiger charge is 2.23. The number of oxazole rings is 1. The molecule has 138 valence electrons.